The summed E-state index contributed by atoms with van der Waals surface area (Å²) in [4.78, 5) is 0. The maximum Gasteiger partial charge on any atom is 0.0420 e. The van der Waals surface area contributed by atoms with Crippen LogP contribution in [0.4, 0.5) is 0 Å². The first-order valence-electron chi connectivity index (χ1n) is 4.72. The van der Waals surface area contributed by atoms with E-state index < -0.39 is 0 Å². The van der Waals surface area contributed by atoms with Crippen LogP contribution < -0.4 is 0 Å². The predicted molar refractivity (Wildman–Crippen MR) is 60.4 cm³/mol. The normalized spacial score (nSPS) is 18.0. The van der Waals surface area contributed by atoms with Crippen LogP contribution in [0.15, 0.2) is 22.7 Å². The lowest BCUT2D eigenvalue weighted by Crippen LogP contribution is -1.91. The monoisotopic (exact) mass is 258 g/mol. The molecule has 0 aliphatic heterocycles. The van der Waals surface area contributed by atoms with Gasteiger partial charge in [0, 0.05) is 9.50 Å². The maximum absolute atomic E-state index is 6.00. The summed E-state index contributed by atoms with van der Waals surface area (Å²) < 4.78 is 1.10. The summed E-state index contributed by atoms with van der Waals surface area (Å²) in [5, 5.41) is 0.844. The third-order valence-corrected chi connectivity index (χ3v) is 3.39. The molecule has 0 radical (unpaired) electrons. The topological polar surface area (TPSA) is 0 Å². The molecule has 0 saturated heterocycles. The van der Waals surface area contributed by atoms with Crippen molar-refractivity contribution >= 4 is 27.5 Å². The van der Waals surface area contributed by atoms with Crippen LogP contribution in [0.2, 0.25) is 5.02 Å². The van der Waals surface area contributed by atoms with Gasteiger partial charge in [-0.2, -0.15) is 0 Å². The van der Waals surface area contributed by atoms with E-state index in [9.17, 15) is 0 Å². The number of rotatable bonds is 1. The summed E-state index contributed by atoms with van der Waals surface area (Å²) in [6.45, 7) is 0. The van der Waals surface area contributed by atoms with Gasteiger partial charge >= 0.3 is 0 Å². The molecule has 0 atom stereocenters. The molecule has 1 aliphatic rings. The fraction of sp³-hybridized carbons (Fsp3) is 0.455. The molecule has 0 unspecified atom stereocenters. The zero-order valence-corrected chi connectivity index (χ0v) is 9.74. The second-order valence-electron chi connectivity index (χ2n) is 3.68. The minimum atomic E-state index is 0.745. The van der Waals surface area contributed by atoms with Crippen LogP contribution in [0, 0.1) is 0 Å². The zero-order chi connectivity index (χ0) is 9.26. The molecule has 1 aromatic carbocycles. The molecule has 1 aromatic rings. The van der Waals surface area contributed by atoms with Crippen molar-refractivity contribution in [1.29, 1.82) is 0 Å². The molecule has 1 aliphatic carbocycles. The first kappa shape index (κ1) is 9.54. The molecular formula is C11H12BrCl. The number of benzene rings is 1. The number of hydrogen-bond acceptors (Lipinski definition) is 0. The van der Waals surface area contributed by atoms with Gasteiger partial charge in [0.2, 0.25) is 0 Å². The predicted octanol–water partition coefficient (Wildman–Crippen LogP) is 4.76. The fourth-order valence-corrected chi connectivity index (χ4v) is 2.96. The molecule has 1 fully saturated rings. The minimum Gasteiger partial charge on any atom is -0.0843 e. The van der Waals surface area contributed by atoms with Crippen molar-refractivity contribution in [2.24, 2.45) is 0 Å². The van der Waals surface area contributed by atoms with Gasteiger partial charge in [-0.3, -0.25) is 0 Å². The van der Waals surface area contributed by atoms with Gasteiger partial charge in [-0.25, -0.2) is 0 Å². The van der Waals surface area contributed by atoms with Crippen LogP contribution in [0.25, 0.3) is 0 Å². The van der Waals surface area contributed by atoms with Gasteiger partial charge in [0.15, 0.2) is 0 Å². The zero-order valence-electron chi connectivity index (χ0n) is 7.39. The van der Waals surface area contributed by atoms with E-state index in [4.69, 9.17) is 11.6 Å². The fourth-order valence-electron chi connectivity index (χ4n) is 2.07. The Kier molecular flexibility index (Phi) is 2.95. The van der Waals surface area contributed by atoms with Crippen LogP contribution in [-0.2, 0) is 0 Å². The van der Waals surface area contributed by atoms with E-state index in [1.807, 2.05) is 6.07 Å². The Labute approximate surface area is 92.4 Å². The quantitative estimate of drug-likeness (QED) is 0.682. The summed E-state index contributed by atoms with van der Waals surface area (Å²) in [6, 6.07) is 6.24. The standard InChI is InChI=1S/C11H12BrCl/c12-10-5-9(6-11(13)7-10)8-3-1-2-4-8/h5-8H,1-4H2. The highest BCUT2D eigenvalue weighted by Crippen LogP contribution is 2.36. The highest BCUT2D eigenvalue weighted by atomic mass is 79.9. The van der Waals surface area contributed by atoms with E-state index in [0.29, 0.717) is 0 Å². The summed E-state index contributed by atoms with van der Waals surface area (Å²) >= 11 is 9.47. The Bertz CT molecular complexity index is 283. The molecule has 70 valence electrons. The lowest BCUT2D eigenvalue weighted by atomic mass is 9.98. The van der Waals surface area contributed by atoms with Crippen molar-refractivity contribution in [3.63, 3.8) is 0 Å². The number of hydrogen-bond donors (Lipinski definition) is 0. The molecular weight excluding hydrogens is 247 g/mol. The Morgan fingerprint density at radius 1 is 1.15 bits per heavy atom. The minimum absolute atomic E-state index is 0.745. The summed E-state index contributed by atoms with van der Waals surface area (Å²) in [5.74, 6) is 0.745. The van der Waals surface area contributed by atoms with Gasteiger partial charge in [-0.15, -0.1) is 0 Å². The Morgan fingerprint density at radius 3 is 2.46 bits per heavy atom. The maximum atomic E-state index is 6.00. The molecule has 0 N–H and O–H groups in total. The smallest absolute Gasteiger partial charge is 0.0420 e. The molecule has 0 spiro atoms. The molecule has 0 nitrogen and oxygen atoms in total. The van der Waals surface area contributed by atoms with Gasteiger partial charge in [-0.1, -0.05) is 40.4 Å². The van der Waals surface area contributed by atoms with Crippen LogP contribution in [-0.4, -0.2) is 0 Å². The highest BCUT2D eigenvalue weighted by molar-refractivity contribution is 9.10. The molecule has 0 bridgehead atoms. The first-order valence-corrected chi connectivity index (χ1v) is 5.89. The second kappa shape index (κ2) is 4.02. The molecule has 0 heterocycles. The molecule has 0 amide bonds. The van der Waals surface area contributed by atoms with Crippen LogP contribution in [0.5, 0.6) is 0 Å². The van der Waals surface area contributed by atoms with Crippen molar-refractivity contribution < 1.29 is 0 Å². The molecule has 13 heavy (non-hydrogen) atoms. The number of halogens is 2. The van der Waals surface area contributed by atoms with Gasteiger partial charge in [0.25, 0.3) is 0 Å². The lowest BCUT2D eigenvalue weighted by molar-refractivity contribution is 0.723. The Hall–Kier alpha value is -0.0100. The average molecular weight is 260 g/mol. The van der Waals surface area contributed by atoms with Crippen molar-refractivity contribution in [2.75, 3.05) is 0 Å². The molecule has 2 rings (SSSR count). The summed E-state index contributed by atoms with van der Waals surface area (Å²) in [6.07, 6.45) is 5.39. The Balaban J connectivity index is 2.28. The van der Waals surface area contributed by atoms with E-state index in [-0.39, 0.29) is 0 Å². The van der Waals surface area contributed by atoms with Crippen LogP contribution in [0.1, 0.15) is 37.2 Å². The SMILES string of the molecule is Clc1cc(Br)cc(C2CCCC2)c1. The Morgan fingerprint density at radius 2 is 1.85 bits per heavy atom. The molecule has 2 heteroatoms. The second-order valence-corrected chi connectivity index (χ2v) is 5.04. The van der Waals surface area contributed by atoms with Crippen LogP contribution in [0.3, 0.4) is 0 Å². The van der Waals surface area contributed by atoms with Gasteiger partial charge < -0.3 is 0 Å². The summed E-state index contributed by atoms with van der Waals surface area (Å²) in [7, 11) is 0. The van der Waals surface area contributed by atoms with Gasteiger partial charge in [0.1, 0.15) is 0 Å². The third kappa shape index (κ3) is 2.26. The van der Waals surface area contributed by atoms with E-state index in [0.717, 1.165) is 15.4 Å². The van der Waals surface area contributed by atoms with E-state index >= 15 is 0 Å². The van der Waals surface area contributed by atoms with Crippen LogP contribution >= 0.6 is 27.5 Å². The molecule has 1 saturated carbocycles. The van der Waals surface area contributed by atoms with E-state index in [1.54, 1.807) is 0 Å². The van der Waals surface area contributed by atoms with Gasteiger partial charge in [-0.05, 0) is 42.5 Å². The van der Waals surface area contributed by atoms with Crippen molar-refractivity contribution in [3.8, 4) is 0 Å². The molecule has 0 aromatic heterocycles. The van der Waals surface area contributed by atoms with E-state index in [2.05, 4.69) is 28.1 Å². The van der Waals surface area contributed by atoms with E-state index in [1.165, 1.54) is 31.2 Å². The third-order valence-electron chi connectivity index (χ3n) is 2.71. The first-order chi connectivity index (χ1) is 6.25. The van der Waals surface area contributed by atoms with Crippen molar-refractivity contribution in [2.45, 2.75) is 31.6 Å². The highest BCUT2D eigenvalue weighted by Gasteiger charge is 2.17. The van der Waals surface area contributed by atoms with Crippen molar-refractivity contribution in [3.05, 3.63) is 33.3 Å². The average Bonchev–Trinajstić information content (AvgIpc) is 2.53. The lowest BCUT2D eigenvalue weighted by Gasteiger charge is -2.10. The summed E-state index contributed by atoms with van der Waals surface area (Å²) in [5.41, 5.74) is 1.40. The largest absolute Gasteiger partial charge is 0.0843 e. The van der Waals surface area contributed by atoms with Gasteiger partial charge in [0.05, 0.1) is 0 Å². The van der Waals surface area contributed by atoms with Crippen molar-refractivity contribution in [1.82, 2.24) is 0 Å².